The van der Waals surface area contributed by atoms with Gasteiger partial charge in [0, 0.05) is 13.1 Å². The lowest BCUT2D eigenvalue weighted by Gasteiger charge is -2.29. The molecule has 0 aromatic heterocycles. The Labute approximate surface area is 98.0 Å². The second-order valence-corrected chi connectivity index (χ2v) is 3.91. The molecule has 0 radical (unpaired) electrons. The van der Waals surface area contributed by atoms with Crippen molar-refractivity contribution in [1.82, 2.24) is 0 Å². The van der Waals surface area contributed by atoms with Crippen LogP contribution in [0, 0.1) is 0 Å². The molecule has 2 heteroatoms. The quantitative estimate of drug-likeness (QED) is 0.687. The van der Waals surface area contributed by atoms with E-state index in [9.17, 15) is 0 Å². The Morgan fingerprint density at radius 2 is 1.60 bits per heavy atom. The molecule has 0 saturated carbocycles. The molecule has 0 N–H and O–H groups in total. The smallest absolute Gasteiger partial charge is 0.0639 e. The zero-order chi connectivity index (χ0) is 11.1. The minimum absolute atomic E-state index is 0.879. The summed E-state index contributed by atoms with van der Waals surface area (Å²) in [5.74, 6) is 0. The Balaban J connectivity index is 0.000000531. The van der Waals surface area contributed by atoms with Gasteiger partial charge in [-0.3, -0.25) is 0 Å². The molecule has 0 spiro atoms. The highest BCUT2D eigenvalue weighted by Crippen LogP contribution is 2.27. The van der Waals surface area contributed by atoms with Gasteiger partial charge in [-0.05, 0) is 31.4 Å². The van der Waals surface area contributed by atoms with E-state index in [0.717, 1.165) is 18.1 Å². The van der Waals surface area contributed by atoms with Gasteiger partial charge in [-0.2, -0.15) is 0 Å². The molecule has 0 unspecified atom stereocenters. The van der Waals surface area contributed by atoms with Gasteiger partial charge in [-0.25, -0.2) is 0 Å². The SMILES string of the molecule is CC.Clc1ccccc1N1CCCCC1. The van der Waals surface area contributed by atoms with Gasteiger partial charge in [0.25, 0.3) is 0 Å². The highest BCUT2D eigenvalue weighted by Gasteiger charge is 2.12. The average Bonchev–Trinajstić information content (AvgIpc) is 2.33. The molecule has 0 amide bonds. The van der Waals surface area contributed by atoms with Crippen LogP contribution in [0.25, 0.3) is 0 Å². The Kier molecular flexibility index (Phi) is 5.56. The van der Waals surface area contributed by atoms with Crippen molar-refractivity contribution in [2.75, 3.05) is 18.0 Å². The van der Waals surface area contributed by atoms with Crippen molar-refractivity contribution in [2.45, 2.75) is 33.1 Å². The lowest BCUT2D eigenvalue weighted by molar-refractivity contribution is 0.578. The summed E-state index contributed by atoms with van der Waals surface area (Å²) in [6.07, 6.45) is 3.96. The summed E-state index contributed by atoms with van der Waals surface area (Å²) in [7, 11) is 0. The third-order valence-corrected chi connectivity index (χ3v) is 2.87. The van der Waals surface area contributed by atoms with E-state index in [4.69, 9.17) is 11.6 Å². The van der Waals surface area contributed by atoms with Gasteiger partial charge >= 0.3 is 0 Å². The van der Waals surface area contributed by atoms with Crippen molar-refractivity contribution in [3.8, 4) is 0 Å². The number of hydrogen-bond acceptors (Lipinski definition) is 1. The summed E-state index contributed by atoms with van der Waals surface area (Å²) >= 11 is 6.12. The summed E-state index contributed by atoms with van der Waals surface area (Å²) in [5.41, 5.74) is 1.20. The van der Waals surface area contributed by atoms with Gasteiger partial charge in [0.2, 0.25) is 0 Å². The highest BCUT2D eigenvalue weighted by atomic mass is 35.5. The van der Waals surface area contributed by atoms with E-state index in [1.165, 1.54) is 24.9 Å². The lowest BCUT2D eigenvalue weighted by Crippen LogP contribution is -2.29. The fraction of sp³-hybridized carbons (Fsp3) is 0.538. The van der Waals surface area contributed by atoms with E-state index in [1.54, 1.807) is 0 Å². The Morgan fingerprint density at radius 3 is 2.20 bits per heavy atom. The van der Waals surface area contributed by atoms with Gasteiger partial charge < -0.3 is 4.90 Å². The summed E-state index contributed by atoms with van der Waals surface area (Å²) in [6.45, 7) is 6.31. The van der Waals surface area contributed by atoms with Crippen LogP contribution in [0.5, 0.6) is 0 Å². The number of halogens is 1. The van der Waals surface area contributed by atoms with E-state index in [1.807, 2.05) is 26.0 Å². The summed E-state index contributed by atoms with van der Waals surface area (Å²) in [6, 6.07) is 8.10. The molecule has 1 aliphatic rings. The molecule has 1 nitrogen and oxygen atoms in total. The normalized spacial score (nSPS) is 15.5. The number of para-hydroxylation sites is 1. The topological polar surface area (TPSA) is 3.24 Å². The van der Waals surface area contributed by atoms with Crippen LogP contribution in [0.2, 0.25) is 5.02 Å². The van der Waals surface area contributed by atoms with E-state index in [-0.39, 0.29) is 0 Å². The predicted molar refractivity (Wildman–Crippen MR) is 68.9 cm³/mol. The molecule has 1 fully saturated rings. The molecule has 84 valence electrons. The third kappa shape index (κ3) is 3.42. The minimum Gasteiger partial charge on any atom is -0.370 e. The van der Waals surface area contributed by atoms with Gasteiger partial charge in [0.15, 0.2) is 0 Å². The molecule has 15 heavy (non-hydrogen) atoms. The maximum atomic E-state index is 6.12. The number of piperidine rings is 1. The third-order valence-electron chi connectivity index (χ3n) is 2.55. The first kappa shape index (κ1) is 12.4. The van der Waals surface area contributed by atoms with Crippen LogP contribution in [-0.2, 0) is 0 Å². The van der Waals surface area contributed by atoms with Gasteiger partial charge in [0.05, 0.1) is 10.7 Å². The molecule has 2 rings (SSSR count). The average molecular weight is 226 g/mol. The highest BCUT2D eigenvalue weighted by molar-refractivity contribution is 6.33. The maximum Gasteiger partial charge on any atom is 0.0639 e. The number of benzene rings is 1. The van der Waals surface area contributed by atoms with Gasteiger partial charge in [0.1, 0.15) is 0 Å². The fourth-order valence-electron chi connectivity index (χ4n) is 1.84. The number of hydrogen-bond donors (Lipinski definition) is 0. The van der Waals surface area contributed by atoms with E-state index in [2.05, 4.69) is 17.0 Å². The van der Waals surface area contributed by atoms with Crippen molar-refractivity contribution < 1.29 is 0 Å². The number of rotatable bonds is 1. The monoisotopic (exact) mass is 225 g/mol. The molecule has 0 atom stereocenters. The summed E-state index contributed by atoms with van der Waals surface area (Å²) in [4.78, 5) is 2.38. The molecule has 1 aromatic rings. The van der Waals surface area contributed by atoms with E-state index >= 15 is 0 Å². The first-order valence-electron chi connectivity index (χ1n) is 5.87. The summed E-state index contributed by atoms with van der Waals surface area (Å²) < 4.78 is 0. The van der Waals surface area contributed by atoms with Crippen LogP contribution < -0.4 is 4.90 Å². The Hall–Kier alpha value is -0.690. The lowest BCUT2D eigenvalue weighted by atomic mass is 10.1. The first-order valence-corrected chi connectivity index (χ1v) is 6.25. The second kappa shape index (κ2) is 6.73. The minimum atomic E-state index is 0.879. The van der Waals surface area contributed by atoms with Crippen molar-refractivity contribution in [2.24, 2.45) is 0 Å². The van der Waals surface area contributed by atoms with Crippen LogP contribution in [0.3, 0.4) is 0 Å². The largest absolute Gasteiger partial charge is 0.370 e. The first-order chi connectivity index (χ1) is 7.38. The molecule has 0 aliphatic carbocycles. The van der Waals surface area contributed by atoms with Crippen LogP contribution in [0.15, 0.2) is 24.3 Å². The number of nitrogens with zero attached hydrogens (tertiary/aromatic N) is 1. The van der Waals surface area contributed by atoms with Crippen molar-refractivity contribution in [3.05, 3.63) is 29.3 Å². The van der Waals surface area contributed by atoms with Crippen LogP contribution in [0.4, 0.5) is 5.69 Å². The molecule has 1 saturated heterocycles. The molecule has 1 heterocycles. The summed E-state index contributed by atoms with van der Waals surface area (Å²) in [5, 5.41) is 0.879. The van der Waals surface area contributed by atoms with Crippen molar-refractivity contribution >= 4 is 17.3 Å². The molecule has 1 aliphatic heterocycles. The van der Waals surface area contributed by atoms with Crippen LogP contribution >= 0.6 is 11.6 Å². The van der Waals surface area contributed by atoms with Crippen LogP contribution in [0.1, 0.15) is 33.1 Å². The van der Waals surface area contributed by atoms with E-state index in [0.29, 0.717) is 0 Å². The zero-order valence-corrected chi connectivity index (χ0v) is 10.4. The predicted octanol–water partition coefficient (Wildman–Crippen LogP) is 4.36. The second-order valence-electron chi connectivity index (χ2n) is 3.50. The molecular formula is C13H20ClN. The maximum absolute atomic E-state index is 6.12. The van der Waals surface area contributed by atoms with Crippen molar-refractivity contribution in [1.29, 1.82) is 0 Å². The molecule has 1 aromatic carbocycles. The molecule has 0 bridgehead atoms. The van der Waals surface area contributed by atoms with Crippen molar-refractivity contribution in [3.63, 3.8) is 0 Å². The van der Waals surface area contributed by atoms with Crippen LogP contribution in [-0.4, -0.2) is 13.1 Å². The Morgan fingerprint density at radius 1 is 1.00 bits per heavy atom. The van der Waals surface area contributed by atoms with E-state index < -0.39 is 0 Å². The van der Waals surface area contributed by atoms with Gasteiger partial charge in [-0.15, -0.1) is 0 Å². The standard InChI is InChI=1S/C11H14ClN.C2H6/c12-10-6-2-3-7-11(10)13-8-4-1-5-9-13;1-2/h2-3,6-7H,1,4-5,8-9H2;1-2H3. The zero-order valence-electron chi connectivity index (χ0n) is 9.67. The number of anilines is 1. The Bertz CT molecular complexity index is 280. The molecular weight excluding hydrogens is 206 g/mol. The van der Waals surface area contributed by atoms with Gasteiger partial charge in [-0.1, -0.05) is 37.6 Å². The fourth-order valence-corrected chi connectivity index (χ4v) is 2.10.